The molecule has 2 aromatic carbocycles. The Labute approximate surface area is 174 Å². The highest BCUT2D eigenvalue weighted by atomic mass is 16.5. The van der Waals surface area contributed by atoms with Crippen LogP contribution in [-0.4, -0.2) is 28.8 Å². The standard InChI is InChI=1S/C23H23N3O4/c1-16-9-11-17(12-10-16)19-13-14-22(28)26(25-19)15-5-8-21(27)24-20-7-4-3-6-18(20)23(29)30-2/h3-4,6-7,9-14H,5,8,15H2,1-2H3,(H,24,27). The molecule has 1 aromatic heterocycles. The number of carbonyl (C=O) groups is 2. The van der Waals surface area contributed by atoms with E-state index >= 15 is 0 Å². The molecule has 0 bridgehead atoms. The van der Waals surface area contributed by atoms with Crippen molar-refractivity contribution in [3.63, 3.8) is 0 Å². The third kappa shape index (κ3) is 5.20. The van der Waals surface area contributed by atoms with Gasteiger partial charge in [0.15, 0.2) is 0 Å². The Kier molecular flexibility index (Phi) is 6.75. The topological polar surface area (TPSA) is 90.3 Å². The van der Waals surface area contributed by atoms with Gasteiger partial charge in [-0.3, -0.25) is 9.59 Å². The Morgan fingerprint density at radius 2 is 1.77 bits per heavy atom. The van der Waals surface area contributed by atoms with E-state index in [4.69, 9.17) is 4.74 Å². The number of esters is 1. The number of aromatic nitrogens is 2. The van der Waals surface area contributed by atoms with Crippen LogP contribution in [0.1, 0.15) is 28.8 Å². The summed E-state index contributed by atoms with van der Waals surface area (Å²) in [6, 6.07) is 17.7. The molecule has 0 atom stereocenters. The van der Waals surface area contributed by atoms with E-state index in [9.17, 15) is 14.4 Å². The van der Waals surface area contributed by atoms with Crippen LogP contribution in [0.25, 0.3) is 11.3 Å². The van der Waals surface area contributed by atoms with Crippen molar-refractivity contribution in [1.29, 1.82) is 0 Å². The number of benzene rings is 2. The quantitative estimate of drug-likeness (QED) is 0.608. The zero-order valence-corrected chi connectivity index (χ0v) is 16.9. The Bertz CT molecular complexity index is 1100. The largest absolute Gasteiger partial charge is 0.465 e. The molecule has 0 radical (unpaired) electrons. The van der Waals surface area contributed by atoms with E-state index in [0.717, 1.165) is 11.1 Å². The molecule has 0 saturated carbocycles. The Hall–Kier alpha value is -3.74. The molecule has 0 spiro atoms. The molecule has 7 heteroatoms. The molecule has 3 rings (SSSR count). The molecule has 7 nitrogen and oxygen atoms in total. The van der Waals surface area contributed by atoms with Crippen molar-refractivity contribution in [2.45, 2.75) is 26.3 Å². The number of rotatable bonds is 7. The Morgan fingerprint density at radius 3 is 2.50 bits per heavy atom. The molecule has 0 fully saturated rings. The van der Waals surface area contributed by atoms with Gasteiger partial charge < -0.3 is 10.1 Å². The first-order valence-corrected chi connectivity index (χ1v) is 9.60. The fourth-order valence-corrected chi connectivity index (χ4v) is 2.97. The lowest BCUT2D eigenvalue weighted by Crippen LogP contribution is -2.23. The predicted octanol–water partition coefficient (Wildman–Crippen LogP) is 3.42. The highest BCUT2D eigenvalue weighted by molar-refractivity contribution is 6.01. The third-order valence-corrected chi connectivity index (χ3v) is 4.59. The van der Waals surface area contributed by atoms with Crippen molar-refractivity contribution in [3.8, 4) is 11.3 Å². The third-order valence-electron chi connectivity index (χ3n) is 4.59. The number of para-hydroxylation sites is 1. The second kappa shape index (κ2) is 9.65. The van der Waals surface area contributed by atoms with Crippen molar-refractivity contribution in [3.05, 3.63) is 82.1 Å². The van der Waals surface area contributed by atoms with Crippen LogP contribution in [0, 0.1) is 6.92 Å². The van der Waals surface area contributed by atoms with Crippen molar-refractivity contribution in [2.75, 3.05) is 12.4 Å². The maximum Gasteiger partial charge on any atom is 0.339 e. The second-order valence-electron chi connectivity index (χ2n) is 6.83. The van der Waals surface area contributed by atoms with Gasteiger partial charge in [0.25, 0.3) is 5.56 Å². The molecular weight excluding hydrogens is 382 g/mol. The number of nitrogens with one attached hydrogen (secondary N) is 1. The van der Waals surface area contributed by atoms with Gasteiger partial charge in [0.1, 0.15) is 0 Å². The van der Waals surface area contributed by atoms with Crippen molar-refractivity contribution in [1.82, 2.24) is 9.78 Å². The summed E-state index contributed by atoms with van der Waals surface area (Å²) in [6.07, 6.45) is 0.606. The SMILES string of the molecule is COC(=O)c1ccccc1NC(=O)CCCn1nc(-c2ccc(C)cc2)ccc1=O. The summed E-state index contributed by atoms with van der Waals surface area (Å²) in [5, 5.41) is 7.13. The van der Waals surface area contributed by atoms with Gasteiger partial charge in [-0.15, -0.1) is 0 Å². The van der Waals surface area contributed by atoms with Crippen LogP contribution in [0.15, 0.2) is 65.5 Å². The average Bonchev–Trinajstić information content (AvgIpc) is 2.75. The summed E-state index contributed by atoms with van der Waals surface area (Å²) in [5.74, 6) is -0.774. The number of hydrogen-bond acceptors (Lipinski definition) is 5. The lowest BCUT2D eigenvalue weighted by atomic mass is 10.1. The molecule has 0 aliphatic heterocycles. The van der Waals surface area contributed by atoms with E-state index in [1.165, 1.54) is 17.9 Å². The number of amides is 1. The number of aryl methyl sites for hydroxylation is 2. The van der Waals surface area contributed by atoms with Gasteiger partial charge in [-0.25, -0.2) is 9.48 Å². The first kappa shape index (κ1) is 21.0. The van der Waals surface area contributed by atoms with Gasteiger partial charge >= 0.3 is 5.97 Å². The molecule has 154 valence electrons. The van der Waals surface area contributed by atoms with Gasteiger partial charge in [0.2, 0.25) is 5.91 Å². The number of carbonyl (C=O) groups excluding carboxylic acids is 2. The predicted molar refractivity (Wildman–Crippen MR) is 114 cm³/mol. The Morgan fingerprint density at radius 1 is 1.03 bits per heavy atom. The zero-order chi connectivity index (χ0) is 21.5. The van der Waals surface area contributed by atoms with Crippen LogP contribution in [0.3, 0.4) is 0 Å². The van der Waals surface area contributed by atoms with Crippen LogP contribution in [-0.2, 0) is 16.1 Å². The van der Waals surface area contributed by atoms with E-state index in [-0.39, 0.29) is 23.5 Å². The second-order valence-corrected chi connectivity index (χ2v) is 6.83. The van der Waals surface area contributed by atoms with Crippen molar-refractivity contribution < 1.29 is 14.3 Å². The minimum Gasteiger partial charge on any atom is -0.465 e. The summed E-state index contributed by atoms with van der Waals surface area (Å²) in [5.41, 5.74) is 3.23. The van der Waals surface area contributed by atoms with Crippen LogP contribution < -0.4 is 10.9 Å². The monoisotopic (exact) mass is 405 g/mol. The van der Waals surface area contributed by atoms with Crippen molar-refractivity contribution in [2.24, 2.45) is 0 Å². The van der Waals surface area contributed by atoms with E-state index in [0.29, 0.717) is 24.3 Å². The molecule has 0 aliphatic rings. The minimum atomic E-state index is -0.519. The summed E-state index contributed by atoms with van der Waals surface area (Å²) in [7, 11) is 1.29. The number of nitrogens with zero attached hydrogens (tertiary/aromatic N) is 2. The molecule has 30 heavy (non-hydrogen) atoms. The van der Waals surface area contributed by atoms with Gasteiger partial charge in [-0.05, 0) is 31.5 Å². The van der Waals surface area contributed by atoms with E-state index in [1.54, 1.807) is 30.3 Å². The summed E-state index contributed by atoms with van der Waals surface area (Å²) < 4.78 is 6.09. The summed E-state index contributed by atoms with van der Waals surface area (Å²) >= 11 is 0. The molecule has 3 aromatic rings. The number of hydrogen-bond donors (Lipinski definition) is 1. The Balaban J connectivity index is 1.62. The van der Waals surface area contributed by atoms with E-state index in [2.05, 4.69) is 10.4 Å². The van der Waals surface area contributed by atoms with Crippen molar-refractivity contribution >= 4 is 17.6 Å². The molecule has 1 N–H and O–H groups in total. The molecule has 0 unspecified atom stereocenters. The van der Waals surface area contributed by atoms with Gasteiger partial charge in [-0.1, -0.05) is 42.0 Å². The molecular formula is C23H23N3O4. The van der Waals surface area contributed by atoms with E-state index in [1.807, 2.05) is 31.2 Å². The number of ether oxygens (including phenoxy) is 1. The van der Waals surface area contributed by atoms with Crippen LogP contribution in [0.2, 0.25) is 0 Å². The fraction of sp³-hybridized carbons (Fsp3) is 0.217. The van der Waals surface area contributed by atoms with Gasteiger partial charge in [-0.2, -0.15) is 5.10 Å². The lowest BCUT2D eigenvalue weighted by Gasteiger charge is -2.10. The maximum atomic E-state index is 12.3. The lowest BCUT2D eigenvalue weighted by molar-refractivity contribution is -0.116. The van der Waals surface area contributed by atoms with Gasteiger partial charge in [0.05, 0.1) is 24.1 Å². The summed E-state index contributed by atoms with van der Waals surface area (Å²) in [6.45, 7) is 2.32. The zero-order valence-electron chi connectivity index (χ0n) is 16.9. The first-order chi connectivity index (χ1) is 14.5. The molecule has 0 saturated heterocycles. The molecule has 0 aliphatic carbocycles. The average molecular weight is 405 g/mol. The van der Waals surface area contributed by atoms with Crippen LogP contribution >= 0.6 is 0 Å². The maximum absolute atomic E-state index is 12.3. The molecule has 1 amide bonds. The van der Waals surface area contributed by atoms with E-state index < -0.39 is 5.97 Å². The van der Waals surface area contributed by atoms with Crippen LogP contribution in [0.5, 0.6) is 0 Å². The van der Waals surface area contributed by atoms with Crippen LogP contribution in [0.4, 0.5) is 5.69 Å². The minimum absolute atomic E-state index is 0.179. The normalized spacial score (nSPS) is 10.5. The highest BCUT2D eigenvalue weighted by Gasteiger charge is 2.13. The first-order valence-electron chi connectivity index (χ1n) is 9.60. The molecule has 1 heterocycles. The fourth-order valence-electron chi connectivity index (χ4n) is 2.97. The smallest absolute Gasteiger partial charge is 0.339 e. The number of anilines is 1. The highest BCUT2D eigenvalue weighted by Crippen LogP contribution is 2.17. The summed E-state index contributed by atoms with van der Waals surface area (Å²) in [4.78, 5) is 36.2. The van der Waals surface area contributed by atoms with Gasteiger partial charge in [0, 0.05) is 24.6 Å². The number of methoxy groups -OCH3 is 1.